The third-order valence-electron chi connectivity index (χ3n) is 3.49. The van der Waals surface area contributed by atoms with Crippen molar-refractivity contribution in [3.63, 3.8) is 0 Å². The van der Waals surface area contributed by atoms with E-state index in [4.69, 9.17) is 12.3 Å². The van der Waals surface area contributed by atoms with E-state index >= 15 is 0 Å². The summed E-state index contributed by atoms with van der Waals surface area (Å²) in [5.74, 6) is 0. The predicted octanol–water partition coefficient (Wildman–Crippen LogP) is 5.65. The van der Waals surface area contributed by atoms with Crippen molar-refractivity contribution in [2.45, 2.75) is 71.4 Å². The standard InChI is InChI=1S/C17H36O3Si4/c1-10-23(8,18-21(2,3)4)20-24(9,19-22(5,6)7)16-17-14-12-11-13-15-17/h11-15H,10,16H2,1-9H3. The molecule has 0 N–H and O–H groups in total. The zero-order valence-corrected chi connectivity index (χ0v) is 21.0. The van der Waals surface area contributed by atoms with Crippen LogP contribution in [0.25, 0.3) is 0 Å². The van der Waals surface area contributed by atoms with E-state index in [9.17, 15) is 0 Å². The van der Waals surface area contributed by atoms with Crippen molar-refractivity contribution in [1.82, 2.24) is 0 Å². The molecule has 0 aliphatic rings. The minimum Gasteiger partial charge on any atom is -0.437 e. The zero-order valence-electron chi connectivity index (χ0n) is 17.0. The monoisotopic (exact) mass is 400 g/mol. The normalized spacial score (nSPS) is 18.0. The van der Waals surface area contributed by atoms with Gasteiger partial charge in [-0.3, -0.25) is 0 Å². The van der Waals surface area contributed by atoms with Gasteiger partial charge in [0.15, 0.2) is 16.6 Å². The maximum atomic E-state index is 6.83. The Morgan fingerprint density at radius 1 is 0.667 bits per heavy atom. The summed E-state index contributed by atoms with van der Waals surface area (Å²) in [6.07, 6.45) is 0. The van der Waals surface area contributed by atoms with E-state index in [0.29, 0.717) is 0 Å². The van der Waals surface area contributed by atoms with Gasteiger partial charge in [-0.25, -0.2) is 0 Å². The summed E-state index contributed by atoms with van der Waals surface area (Å²) in [5, 5.41) is 0. The summed E-state index contributed by atoms with van der Waals surface area (Å²) >= 11 is 0. The lowest BCUT2D eigenvalue weighted by molar-refractivity contribution is 0.318. The molecule has 7 heteroatoms. The largest absolute Gasteiger partial charge is 0.437 e. The Morgan fingerprint density at radius 3 is 1.54 bits per heavy atom. The first-order chi connectivity index (χ1) is 10.8. The van der Waals surface area contributed by atoms with E-state index in [0.717, 1.165) is 12.1 Å². The van der Waals surface area contributed by atoms with Gasteiger partial charge in [0.1, 0.15) is 0 Å². The van der Waals surface area contributed by atoms with Gasteiger partial charge < -0.3 is 12.3 Å². The highest BCUT2D eigenvalue weighted by molar-refractivity contribution is 6.89. The lowest BCUT2D eigenvalue weighted by atomic mass is 10.2. The van der Waals surface area contributed by atoms with Gasteiger partial charge in [0.25, 0.3) is 0 Å². The quantitative estimate of drug-likeness (QED) is 0.501. The van der Waals surface area contributed by atoms with Crippen LogP contribution in [0, 0.1) is 0 Å². The van der Waals surface area contributed by atoms with E-state index in [1.54, 1.807) is 0 Å². The van der Waals surface area contributed by atoms with Gasteiger partial charge in [0.2, 0.25) is 0 Å². The van der Waals surface area contributed by atoms with Crippen molar-refractivity contribution in [2.75, 3.05) is 0 Å². The van der Waals surface area contributed by atoms with Crippen LogP contribution in [0.4, 0.5) is 0 Å². The molecule has 0 heterocycles. The van der Waals surface area contributed by atoms with E-state index in [2.05, 4.69) is 89.6 Å². The molecule has 1 aromatic carbocycles. The van der Waals surface area contributed by atoms with Crippen LogP contribution in [0.1, 0.15) is 12.5 Å². The summed E-state index contributed by atoms with van der Waals surface area (Å²) in [6, 6.07) is 12.4. The molecule has 0 aliphatic carbocycles. The second-order valence-corrected chi connectivity index (χ2v) is 25.3. The van der Waals surface area contributed by atoms with Gasteiger partial charge in [-0.2, -0.15) is 0 Å². The summed E-state index contributed by atoms with van der Waals surface area (Å²) in [7, 11) is -7.94. The number of benzene rings is 1. The molecular weight excluding hydrogens is 365 g/mol. The van der Waals surface area contributed by atoms with E-state index < -0.39 is 33.8 Å². The molecule has 0 saturated carbocycles. The van der Waals surface area contributed by atoms with Crippen LogP contribution in [0.3, 0.4) is 0 Å². The lowest BCUT2D eigenvalue weighted by Gasteiger charge is -2.42. The molecule has 2 unspecified atom stereocenters. The van der Waals surface area contributed by atoms with Crippen molar-refractivity contribution >= 4 is 33.8 Å². The molecule has 0 radical (unpaired) electrons. The average Bonchev–Trinajstić information content (AvgIpc) is 2.34. The molecule has 0 fully saturated rings. The number of hydrogen-bond acceptors (Lipinski definition) is 3. The third-order valence-corrected chi connectivity index (χ3v) is 17.6. The van der Waals surface area contributed by atoms with Crippen LogP contribution in [-0.4, -0.2) is 33.8 Å². The molecule has 138 valence electrons. The minimum absolute atomic E-state index is 0.885. The second kappa shape index (κ2) is 8.11. The van der Waals surface area contributed by atoms with Crippen molar-refractivity contribution < 1.29 is 12.3 Å². The minimum atomic E-state index is -2.36. The maximum absolute atomic E-state index is 6.83. The smallest absolute Gasteiger partial charge is 0.320 e. The third kappa shape index (κ3) is 8.37. The fraction of sp³-hybridized carbons (Fsp3) is 0.647. The van der Waals surface area contributed by atoms with Crippen LogP contribution >= 0.6 is 0 Å². The highest BCUT2D eigenvalue weighted by Crippen LogP contribution is 2.28. The fourth-order valence-corrected chi connectivity index (χ4v) is 20.8. The summed E-state index contributed by atoms with van der Waals surface area (Å²) < 4.78 is 20.0. The van der Waals surface area contributed by atoms with Crippen LogP contribution in [0.15, 0.2) is 30.3 Å². The van der Waals surface area contributed by atoms with E-state index in [-0.39, 0.29) is 0 Å². The van der Waals surface area contributed by atoms with Crippen LogP contribution in [0.2, 0.25) is 58.4 Å². The molecular formula is C17H36O3Si4. The summed E-state index contributed by atoms with van der Waals surface area (Å²) in [5.41, 5.74) is 1.30. The highest BCUT2D eigenvalue weighted by Gasteiger charge is 2.46. The van der Waals surface area contributed by atoms with Gasteiger partial charge in [0, 0.05) is 6.04 Å². The Kier molecular flexibility index (Phi) is 7.44. The van der Waals surface area contributed by atoms with E-state index in [1.165, 1.54) is 5.56 Å². The molecule has 3 nitrogen and oxygen atoms in total. The summed E-state index contributed by atoms with van der Waals surface area (Å²) in [4.78, 5) is 0. The zero-order chi connectivity index (χ0) is 18.6. The van der Waals surface area contributed by atoms with Gasteiger partial charge in [-0.1, -0.05) is 37.3 Å². The topological polar surface area (TPSA) is 27.7 Å². The molecule has 0 saturated heterocycles. The maximum Gasteiger partial charge on any atom is 0.320 e. The molecule has 1 rings (SSSR count). The molecule has 0 aliphatic heterocycles. The first-order valence-electron chi connectivity index (χ1n) is 8.90. The fourth-order valence-electron chi connectivity index (χ4n) is 2.98. The molecule has 0 aromatic heterocycles. The van der Waals surface area contributed by atoms with Crippen LogP contribution in [0.5, 0.6) is 0 Å². The Bertz CT molecular complexity index is 513. The van der Waals surface area contributed by atoms with Crippen LogP contribution < -0.4 is 0 Å². The Balaban J connectivity index is 3.08. The van der Waals surface area contributed by atoms with Crippen molar-refractivity contribution in [2.24, 2.45) is 0 Å². The second-order valence-electron chi connectivity index (χ2n) is 8.81. The molecule has 0 spiro atoms. The first-order valence-corrected chi connectivity index (χ1v) is 20.8. The Morgan fingerprint density at radius 2 is 1.12 bits per heavy atom. The van der Waals surface area contributed by atoms with Gasteiger partial charge >= 0.3 is 17.1 Å². The van der Waals surface area contributed by atoms with Crippen molar-refractivity contribution in [1.29, 1.82) is 0 Å². The molecule has 0 amide bonds. The summed E-state index contributed by atoms with van der Waals surface area (Å²) in [6.45, 7) is 20.1. The van der Waals surface area contributed by atoms with Crippen molar-refractivity contribution in [3.05, 3.63) is 35.9 Å². The number of rotatable bonds is 9. The SMILES string of the molecule is CC[Si](C)(O[Si](C)(C)C)O[Si](C)(Cc1ccccc1)O[Si](C)(C)C. The van der Waals surface area contributed by atoms with Crippen molar-refractivity contribution in [3.8, 4) is 0 Å². The average molecular weight is 401 g/mol. The van der Waals surface area contributed by atoms with Gasteiger partial charge in [-0.15, -0.1) is 0 Å². The molecule has 1 aromatic rings. The van der Waals surface area contributed by atoms with Gasteiger partial charge in [-0.05, 0) is 64.0 Å². The highest BCUT2D eigenvalue weighted by atomic mass is 28.5. The molecule has 2 atom stereocenters. The lowest BCUT2D eigenvalue weighted by Crippen LogP contribution is -2.59. The molecule has 24 heavy (non-hydrogen) atoms. The first kappa shape index (κ1) is 22.0. The number of hydrogen-bond donors (Lipinski definition) is 0. The Hall–Kier alpha value is -0.0325. The van der Waals surface area contributed by atoms with E-state index in [1.807, 2.05) is 0 Å². The predicted molar refractivity (Wildman–Crippen MR) is 114 cm³/mol. The molecule has 0 bridgehead atoms. The van der Waals surface area contributed by atoms with Crippen LogP contribution in [-0.2, 0) is 18.4 Å². The Labute approximate surface area is 153 Å². The van der Waals surface area contributed by atoms with Gasteiger partial charge in [0.05, 0.1) is 0 Å².